The van der Waals surface area contributed by atoms with Gasteiger partial charge in [0.1, 0.15) is 5.82 Å². The number of hydrogen-bond acceptors (Lipinski definition) is 2. The molecule has 2 nitrogen and oxygen atoms in total. The highest BCUT2D eigenvalue weighted by molar-refractivity contribution is 5.24. The van der Waals surface area contributed by atoms with Crippen LogP contribution >= 0.6 is 0 Å². The first kappa shape index (κ1) is 16.9. The van der Waals surface area contributed by atoms with Gasteiger partial charge in [0.2, 0.25) is 0 Å². The molecule has 0 unspecified atom stereocenters. The van der Waals surface area contributed by atoms with Gasteiger partial charge in [-0.1, -0.05) is 30.3 Å². The Kier molecular flexibility index (Phi) is 5.46. The van der Waals surface area contributed by atoms with Gasteiger partial charge in [0.05, 0.1) is 6.61 Å². The summed E-state index contributed by atoms with van der Waals surface area (Å²) >= 11 is 0. The second-order valence-electron chi connectivity index (χ2n) is 6.56. The van der Waals surface area contributed by atoms with E-state index in [9.17, 15) is 8.78 Å². The molecule has 0 radical (unpaired) electrons. The molecule has 3 rings (SSSR count). The maximum absolute atomic E-state index is 13.9. The summed E-state index contributed by atoms with van der Waals surface area (Å²) in [5.41, 5.74) is 0.691. The Bertz CT molecular complexity index is 617. The van der Waals surface area contributed by atoms with Crippen LogP contribution in [0.1, 0.15) is 24.8 Å². The number of ether oxygens (including phenoxy) is 1. The molecular formula is C20H23F2NO. The van der Waals surface area contributed by atoms with Crippen LogP contribution in [0.5, 0.6) is 5.75 Å². The summed E-state index contributed by atoms with van der Waals surface area (Å²) in [7, 11) is 0. The van der Waals surface area contributed by atoms with Gasteiger partial charge >= 0.3 is 0 Å². The van der Waals surface area contributed by atoms with E-state index in [0.717, 1.165) is 37.9 Å². The molecule has 2 aromatic rings. The third-order valence-electron chi connectivity index (χ3n) is 4.92. The number of hydrogen-bond donors (Lipinski definition) is 1. The minimum absolute atomic E-state index is 0.0458. The van der Waals surface area contributed by atoms with E-state index in [2.05, 4.69) is 5.32 Å². The van der Waals surface area contributed by atoms with Crippen LogP contribution in [0, 0.1) is 17.0 Å². The molecule has 4 heteroatoms. The fourth-order valence-corrected chi connectivity index (χ4v) is 3.32. The predicted molar refractivity (Wildman–Crippen MR) is 91.2 cm³/mol. The van der Waals surface area contributed by atoms with Crippen LogP contribution in [-0.2, 0) is 6.42 Å². The molecule has 1 aliphatic rings. The van der Waals surface area contributed by atoms with E-state index in [0.29, 0.717) is 18.8 Å². The molecule has 0 aliphatic carbocycles. The molecule has 0 spiro atoms. The average molecular weight is 331 g/mol. The molecule has 128 valence electrons. The number of piperidine rings is 1. The molecule has 2 aromatic carbocycles. The predicted octanol–water partition coefficient (Wildman–Crippen LogP) is 4.35. The largest absolute Gasteiger partial charge is 0.490 e. The van der Waals surface area contributed by atoms with Crippen molar-refractivity contribution in [2.45, 2.75) is 25.7 Å². The van der Waals surface area contributed by atoms with Gasteiger partial charge in [0.15, 0.2) is 11.6 Å². The lowest BCUT2D eigenvalue weighted by molar-refractivity contribution is 0.0921. The molecule has 24 heavy (non-hydrogen) atoms. The Morgan fingerprint density at radius 1 is 0.917 bits per heavy atom. The zero-order valence-electron chi connectivity index (χ0n) is 13.7. The zero-order chi connectivity index (χ0) is 16.8. The van der Waals surface area contributed by atoms with Gasteiger partial charge in [-0.15, -0.1) is 0 Å². The van der Waals surface area contributed by atoms with E-state index in [-0.39, 0.29) is 17.0 Å². The van der Waals surface area contributed by atoms with Crippen molar-refractivity contribution >= 4 is 0 Å². The maximum Gasteiger partial charge on any atom is 0.165 e. The number of aryl methyl sites for hydroxylation is 1. The minimum atomic E-state index is -0.337. The van der Waals surface area contributed by atoms with Crippen LogP contribution in [0.15, 0.2) is 48.5 Å². The first-order chi connectivity index (χ1) is 11.7. The standard InChI is InChI=1S/C20H23F2NO/c21-17-6-2-1-5-16(17)9-10-20(11-13-23-14-12-20)15-24-19-8-4-3-7-18(19)22/h1-8,23H,9-15H2. The highest BCUT2D eigenvalue weighted by atomic mass is 19.1. The topological polar surface area (TPSA) is 21.3 Å². The fraction of sp³-hybridized carbons (Fsp3) is 0.400. The van der Waals surface area contributed by atoms with Crippen LogP contribution in [0.2, 0.25) is 0 Å². The molecule has 1 heterocycles. The molecule has 1 saturated heterocycles. The number of halogens is 2. The number of benzene rings is 2. The summed E-state index contributed by atoms with van der Waals surface area (Å²) in [6.07, 6.45) is 3.42. The normalized spacial score (nSPS) is 16.8. The van der Waals surface area contributed by atoms with Crippen LogP contribution < -0.4 is 10.1 Å². The van der Waals surface area contributed by atoms with E-state index in [4.69, 9.17) is 4.74 Å². The summed E-state index contributed by atoms with van der Waals surface area (Å²) in [5.74, 6) is -0.200. The summed E-state index contributed by atoms with van der Waals surface area (Å²) < 4.78 is 33.5. The minimum Gasteiger partial charge on any atom is -0.490 e. The van der Waals surface area contributed by atoms with E-state index < -0.39 is 0 Å². The Labute approximate surface area is 141 Å². The monoisotopic (exact) mass is 331 g/mol. The summed E-state index contributed by atoms with van der Waals surface area (Å²) in [4.78, 5) is 0. The van der Waals surface area contributed by atoms with Crippen molar-refractivity contribution in [1.82, 2.24) is 5.32 Å². The molecule has 0 atom stereocenters. The molecule has 0 bridgehead atoms. The Morgan fingerprint density at radius 2 is 1.58 bits per heavy atom. The van der Waals surface area contributed by atoms with E-state index >= 15 is 0 Å². The quantitative estimate of drug-likeness (QED) is 0.850. The van der Waals surface area contributed by atoms with Gasteiger partial charge in [0, 0.05) is 5.41 Å². The van der Waals surface area contributed by atoms with Gasteiger partial charge in [-0.2, -0.15) is 0 Å². The lowest BCUT2D eigenvalue weighted by Crippen LogP contribution is -2.41. The van der Waals surface area contributed by atoms with E-state index in [1.807, 2.05) is 12.1 Å². The molecule has 0 amide bonds. The molecular weight excluding hydrogens is 308 g/mol. The van der Waals surface area contributed by atoms with Gasteiger partial charge in [-0.05, 0) is 62.5 Å². The van der Waals surface area contributed by atoms with Crippen LogP contribution in [0.3, 0.4) is 0 Å². The van der Waals surface area contributed by atoms with Crippen LogP contribution in [-0.4, -0.2) is 19.7 Å². The molecule has 0 saturated carbocycles. The average Bonchev–Trinajstić information content (AvgIpc) is 2.61. The molecule has 0 aromatic heterocycles. The lowest BCUT2D eigenvalue weighted by Gasteiger charge is -2.37. The first-order valence-corrected chi connectivity index (χ1v) is 8.50. The third-order valence-corrected chi connectivity index (χ3v) is 4.92. The Morgan fingerprint density at radius 3 is 2.29 bits per heavy atom. The van der Waals surface area contributed by atoms with Crippen molar-refractivity contribution < 1.29 is 13.5 Å². The highest BCUT2D eigenvalue weighted by Crippen LogP contribution is 2.35. The Balaban J connectivity index is 1.68. The van der Waals surface area contributed by atoms with Crippen molar-refractivity contribution in [3.05, 3.63) is 65.7 Å². The first-order valence-electron chi connectivity index (χ1n) is 8.50. The summed E-state index contributed by atoms with van der Waals surface area (Å²) in [6.45, 7) is 2.29. The highest BCUT2D eigenvalue weighted by Gasteiger charge is 2.33. The van der Waals surface area contributed by atoms with Gasteiger partial charge in [-0.3, -0.25) is 0 Å². The van der Waals surface area contributed by atoms with Crippen LogP contribution in [0.4, 0.5) is 8.78 Å². The van der Waals surface area contributed by atoms with E-state index in [1.165, 1.54) is 12.1 Å². The van der Waals surface area contributed by atoms with Crippen molar-refractivity contribution in [3.8, 4) is 5.75 Å². The molecule has 1 fully saturated rings. The van der Waals surface area contributed by atoms with Crippen molar-refractivity contribution in [1.29, 1.82) is 0 Å². The third kappa shape index (κ3) is 4.12. The lowest BCUT2D eigenvalue weighted by atomic mass is 9.75. The SMILES string of the molecule is Fc1ccccc1CCC1(COc2ccccc2F)CCNCC1. The summed E-state index contributed by atoms with van der Waals surface area (Å²) in [6, 6.07) is 13.4. The number of nitrogens with one attached hydrogen (secondary N) is 1. The van der Waals surface area contributed by atoms with Crippen molar-refractivity contribution in [3.63, 3.8) is 0 Å². The fourth-order valence-electron chi connectivity index (χ4n) is 3.32. The summed E-state index contributed by atoms with van der Waals surface area (Å²) in [5, 5.41) is 3.35. The smallest absolute Gasteiger partial charge is 0.165 e. The van der Waals surface area contributed by atoms with Crippen molar-refractivity contribution in [2.24, 2.45) is 5.41 Å². The van der Waals surface area contributed by atoms with Gasteiger partial charge in [0.25, 0.3) is 0 Å². The Hall–Kier alpha value is -1.94. The van der Waals surface area contributed by atoms with E-state index in [1.54, 1.807) is 24.3 Å². The van der Waals surface area contributed by atoms with Crippen molar-refractivity contribution in [2.75, 3.05) is 19.7 Å². The molecule has 1 aliphatic heterocycles. The maximum atomic E-state index is 13.9. The van der Waals surface area contributed by atoms with Crippen LogP contribution in [0.25, 0.3) is 0 Å². The zero-order valence-corrected chi connectivity index (χ0v) is 13.7. The van der Waals surface area contributed by atoms with Gasteiger partial charge in [-0.25, -0.2) is 8.78 Å². The number of rotatable bonds is 6. The second kappa shape index (κ2) is 7.75. The number of para-hydroxylation sites is 1. The van der Waals surface area contributed by atoms with Gasteiger partial charge < -0.3 is 10.1 Å². The molecule has 1 N–H and O–H groups in total. The second-order valence-corrected chi connectivity index (χ2v) is 6.56.